The van der Waals surface area contributed by atoms with E-state index in [4.69, 9.17) is 16.0 Å². The Labute approximate surface area is 165 Å². The first-order valence-electron chi connectivity index (χ1n) is 9.06. The molecule has 0 aliphatic carbocycles. The lowest BCUT2D eigenvalue weighted by atomic mass is 9.98. The van der Waals surface area contributed by atoms with Crippen LogP contribution in [0.25, 0.3) is 54.9 Å². The van der Waals surface area contributed by atoms with E-state index >= 15 is 0 Å². The molecule has 3 nitrogen and oxygen atoms in total. The molecule has 0 aliphatic rings. The summed E-state index contributed by atoms with van der Waals surface area (Å²) in [6, 6.07) is 26.6. The number of nitrogens with zero attached hydrogens (tertiary/aromatic N) is 2. The van der Waals surface area contributed by atoms with Gasteiger partial charge in [-0.2, -0.15) is 0 Å². The average molecular weight is 381 g/mol. The second kappa shape index (κ2) is 5.78. The van der Waals surface area contributed by atoms with Crippen molar-refractivity contribution in [3.8, 4) is 11.3 Å². The Morgan fingerprint density at radius 1 is 0.607 bits per heavy atom. The fraction of sp³-hybridized carbons (Fsp3) is 0. The second-order valence-electron chi connectivity index (χ2n) is 6.78. The molecule has 132 valence electrons. The van der Waals surface area contributed by atoms with E-state index in [-0.39, 0.29) is 5.28 Å². The summed E-state index contributed by atoms with van der Waals surface area (Å²) in [6.07, 6.45) is 0. The van der Waals surface area contributed by atoms with Crippen molar-refractivity contribution in [2.45, 2.75) is 0 Å². The number of fused-ring (bicyclic) bond motifs is 8. The molecular weight excluding hydrogens is 368 g/mol. The van der Waals surface area contributed by atoms with E-state index in [0.29, 0.717) is 11.3 Å². The van der Waals surface area contributed by atoms with Crippen LogP contribution in [-0.4, -0.2) is 9.97 Å². The van der Waals surface area contributed by atoms with Gasteiger partial charge in [-0.05, 0) is 27.8 Å². The van der Waals surface area contributed by atoms with Gasteiger partial charge < -0.3 is 4.42 Å². The summed E-state index contributed by atoms with van der Waals surface area (Å²) >= 11 is 6.34. The van der Waals surface area contributed by atoms with Gasteiger partial charge in [-0.1, -0.05) is 78.9 Å². The summed E-state index contributed by atoms with van der Waals surface area (Å²) in [4.78, 5) is 9.06. The second-order valence-corrected chi connectivity index (χ2v) is 7.12. The third-order valence-electron chi connectivity index (χ3n) is 5.21. The highest BCUT2D eigenvalue weighted by Crippen LogP contribution is 2.42. The number of hydrogen-bond acceptors (Lipinski definition) is 3. The normalized spacial score (nSPS) is 11.8. The predicted molar refractivity (Wildman–Crippen MR) is 115 cm³/mol. The van der Waals surface area contributed by atoms with Crippen molar-refractivity contribution in [3.05, 3.63) is 84.1 Å². The molecule has 0 saturated carbocycles. The van der Waals surface area contributed by atoms with Crippen molar-refractivity contribution in [3.63, 3.8) is 0 Å². The van der Waals surface area contributed by atoms with Crippen molar-refractivity contribution in [1.29, 1.82) is 0 Å². The zero-order chi connectivity index (χ0) is 18.7. The number of aromatic nitrogens is 2. The maximum atomic E-state index is 6.43. The zero-order valence-corrected chi connectivity index (χ0v) is 15.4. The van der Waals surface area contributed by atoms with Crippen LogP contribution < -0.4 is 0 Å². The first-order chi connectivity index (χ1) is 13.8. The van der Waals surface area contributed by atoms with Gasteiger partial charge in [-0.15, -0.1) is 0 Å². The van der Waals surface area contributed by atoms with Gasteiger partial charge >= 0.3 is 0 Å². The van der Waals surface area contributed by atoms with Crippen LogP contribution in [-0.2, 0) is 0 Å². The van der Waals surface area contributed by atoms with Crippen molar-refractivity contribution < 1.29 is 4.42 Å². The van der Waals surface area contributed by atoms with Crippen LogP contribution in [0.2, 0.25) is 5.28 Å². The summed E-state index contributed by atoms with van der Waals surface area (Å²) in [7, 11) is 0. The molecule has 0 amide bonds. The summed E-state index contributed by atoms with van der Waals surface area (Å²) in [5.74, 6) is 0. The topological polar surface area (TPSA) is 38.9 Å². The number of furan rings is 1. The minimum absolute atomic E-state index is 0.214. The molecule has 0 aliphatic heterocycles. The van der Waals surface area contributed by atoms with Gasteiger partial charge in [-0.25, -0.2) is 9.97 Å². The molecule has 4 aromatic carbocycles. The lowest BCUT2D eigenvalue weighted by molar-refractivity contribution is 0.671. The summed E-state index contributed by atoms with van der Waals surface area (Å²) in [5, 5.41) is 5.68. The highest BCUT2D eigenvalue weighted by Gasteiger charge is 2.20. The van der Waals surface area contributed by atoms with Crippen LogP contribution in [0.15, 0.2) is 83.3 Å². The standard InChI is InChI=1S/C24H13ClN2O/c25-24-26-20(14-8-2-1-3-9-14)23-21(27-24)19-17-12-6-4-10-15(17)16-11-5-7-13-18(16)22(19)28-23/h1-13H. The van der Waals surface area contributed by atoms with Crippen LogP contribution in [0.1, 0.15) is 0 Å². The molecule has 6 rings (SSSR count). The Morgan fingerprint density at radius 3 is 1.96 bits per heavy atom. The Morgan fingerprint density at radius 2 is 1.21 bits per heavy atom. The SMILES string of the molecule is Clc1nc(-c2ccccc2)c2oc3c4ccccc4c4ccccc4c3c2n1. The van der Waals surface area contributed by atoms with E-state index in [1.54, 1.807) is 0 Å². The van der Waals surface area contributed by atoms with Gasteiger partial charge in [-0.3, -0.25) is 0 Å². The van der Waals surface area contributed by atoms with Crippen molar-refractivity contribution in [1.82, 2.24) is 9.97 Å². The number of benzene rings is 4. The highest BCUT2D eigenvalue weighted by atomic mass is 35.5. The fourth-order valence-corrected chi connectivity index (χ4v) is 4.20. The summed E-state index contributed by atoms with van der Waals surface area (Å²) < 4.78 is 6.43. The molecule has 0 radical (unpaired) electrons. The molecule has 2 heterocycles. The van der Waals surface area contributed by atoms with Gasteiger partial charge in [0.15, 0.2) is 5.58 Å². The van der Waals surface area contributed by atoms with Crippen LogP contribution in [0.5, 0.6) is 0 Å². The number of rotatable bonds is 1. The van der Waals surface area contributed by atoms with E-state index in [1.807, 2.05) is 42.5 Å². The fourth-order valence-electron chi connectivity index (χ4n) is 4.03. The van der Waals surface area contributed by atoms with E-state index < -0.39 is 0 Å². The molecule has 28 heavy (non-hydrogen) atoms. The number of hydrogen-bond donors (Lipinski definition) is 0. The molecule has 6 aromatic rings. The monoisotopic (exact) mass is 380 g/mol. The molecule has 0 spiro atoms. The van der Waals surface area contributed by atoms with Crippen molar-refractivity contribution in [2.75, 3.05) is 0 Å². The minimum atomic E-state index is 0.214. The van der Waals surface area contributed by atoms with E-state index in [9.17, 15) is 0 Å². The molecule has 0 unspecified atom stereocenters. The molecule has 0 atom stereocenters. The van der Waals surface area contributed by atoms with Crippen LogP contribution in [0.4, 0.5) is 0 Å². The molecule has 0 N–H and O–H groups in total. The predicted octanol–water partition coefficient (Wildman–Crippen LogP) is 7.00. The lowest BCUT2D eigenvalue weighted by Gasteiger charge is -2.05. The van der Waals surface area contributed by atoms with Gasteiger partial charge in [0.1, 0.15) is 16.8 Å². The summed E-state index contributed by atoms with van der Waals surface area (Å²) in [5.41, 5.74) is 3.88. The van der Waals surface area contributed by atoms with Crippen molar-refractivity contribution in [2.24, 2.45) is 0 Å². The van der Waals surface area contributed by atoms with Crippen LogP contribution in [0, 0.1) is 0 Å². The Hall–Kier alpha value is -3.43. The third-order valence-corrected chi connectivity index (χ3v) is 5.38. The van der Waals surface area contributed by atoms with Gasteiger partial charge in [0, 0.05) is 10.9 Å². The van der Waals surface area contributed by atoms with Crippen LogP contribution >= 0.6 is 11.6 Å². The van der Waals surface area contributed by atoms with Crippen molar-refractivity contribution >= 4 is 55.2 Å². The Bertz CT molecular complexity index is 1520. The van der Waals surface area contributed by atoms with Crippen LogP contribution in [0.3, 0.4) is 0 Å². The molecule has 0 fully saturated rings. The van der Waals surface area contributed by atoms with Gasteiger partial charge in [0.2, 0.25) is 5.28 Å². The molecular formula is C24H13ClN2O. The summed E-state index contributed by atoms with van der Waals surface area (Å²) in [6.45, 7) is 0. The highest BCUT2D eigenvalue weighted by molar-refractivity contribution is 6.32. The molecule has 0 saturated heterocycles. The quantitative estimate of drug-likeness (QED) is 0.227. The minimum Gasteiger partial charge on any atom is -0.451 e. The van der Waals surface area contributed by atoms with E-state index in [1.165, 1.54) is 5.39 Å². The Balaban J connectivity index is 1.91. The molecule has 2 aromatic heterocycles. The van der Waals surface area contributed by atoms with E-state index in [0.717, 1.165) is 38.2 Å². The maximum Gasteiger partial charge on any atom is 0.223 e. The van der Waals surface area contributed by atoms with Gasteiger partial charge in [0.25, 0.3) is 0 Å². The average Bonchev–Trinajstić information content (AvgIpc) is 3.14. The largest absolute Gasteiger partial charge is 0.451 e. The maximum absolute atomic E-state index is 6.43. The third kappa shape index (κ3) is 2.11. The lowest BCUT2D eigenvalue weighted by Crippen LogP contribution is -1.89. The van der Waals surface area contributed by atoms with E-state index in [2.05, 4.69) is 46.4 Å². The molecule has 0 bridgehead atoms. The van der Waals surface area contributed by atoms with Gasteiger partial charge in [0.05, 0.1) is 5.39 Å². The first-order valence-corrected chi connectivity index (χ1v) is 9.44. The molecule has 4 heteroatoms. The smallest absolute Gasteiger partial charge is 0.223 e. The first kappa shape index (κ1) is 15.6. The number of halogens is 1. The zero-order valence-electron chi connectivity index (χ0n) is 14.7. The Kier molecular flexibility index (Phi) is 3.22.